The lowest BCUT2D eigenvalue weighted by molar-refractivity contribution is -0.146. The van der Waals surface area contributed by atoms with E-state index in [9.17, 15) is 19.5 Å². The van der Waals surface area contributed by atoms with Gasteiger partial charge in [-0.3, -0.25) is 14.4 Å². The van der Waals surface area contributed by atoms with Gasteiger partial charge in [-0.25, -0.2) is 0 Å². The van der Waals surface area contributed by atoms with Crippen molar-refractivity contribution in [3.8, 4) is 0 Å². The number of aryl methyl sites for hydroxylation is 2. The Balaban J connectivity index is 1.49. The highest BCUT2D eigenvalue weighted by Gasteiger charge is 2.79. The molecule has 6 atom stereocenters. The highest BCUT2D eigenvalue weighted by Crippen LogP contribution is 2.65. The first-order valence-electron chi connectivity index (χ1n) is 13.4. The van der Waals surface area contributed by atoms with Gasteiger partial charge in [-0.2, -0.15) is 0 Å². The van der Waals surface area contributed by atoms with Crippen molar-refractivity contribution in [3.05, 3.63) is 65.2 Å². The summed E-state index contributed by atoms with van der Waals surface area (Å²) in [6, 6.07) is 14.6. The molecule has 5 rings (SSSR count). The lowest BCUT2D eigenvalue weighted by Gasteiger charge is -2.36. The molecule has 2 bridgehead atoms. The van der Waals surface area contributed by atoms with E-state index in [1.807, 2.05) is 76.2 Å². The van der Waals surface area contributed by atoms with Crippen molar-refractivity contribution < 1.29 is 24.2 Å². The van der Waals surface area contributed by atoms with E-state index in [2.05, 4.69) is 10.6 Å². The smallest absolute Gasteiger partial charge is 0.250 e. The number of anilines is 1. The third-order valence-corrected chi connectivity index (χ3v) is 8.86. The summed E-state index contributed by atoms with van der Waals surface area (Å²) in [5.41, 5.74) is 1.59. The van der Waals surface area contributed by atoms with Gasteiger partial charge in [0.15, 0.2) is 0 Å². The van der Waals surface area contributed by atoms with E-state index in [1.165, 1.54) is 4.90 Å². The molecule has 38 heavy (non-hydrogen) atoms. The minimum atomic E-state index is -1.11. The summed E-state index contributed by atoms with van der Waals surface area (Å²) in [4.78, 5) is 43.2. The van der Waals surface area contributed by atoms with Crippen LogP contribution < -0.4 is 10.6 Å². The molecule has 3 saturated heterocycles. The van der Waals surface area contributed by atoms with Crippen LogP contribution in [-0.4, -0.2) is 58.1 Å². The van der Waals surface area contributed by atoms with Gasteiger partial charge >= 0.3 is 0 Å². The summed E-state index contributed by atoms with van der Waals surface area (Å²) in [7, 11) is 0. The lowest BCUT2D eigenvalue weighted by atomic mass is 9.62. The van der Waals surface area contributed by atoms with Crippen LogP contribution in [0, 0.1) is 31.6 Å². The van der Waals surface area contributed by atoms with Gasteiger partial charge in [0.25, 0.3) is 0 Å². The molecule has 0 saturated carbocycles. The second kappa shape index (κ2) is 9.82. The van der Waals surface area contributed by atoms with Gasteiger partial charge in [0, 0.05) is 25.4 Å². The molecule has 0 radical (unpaired) electrons. The van der Waals surface area contributed by atoms with E-state index < -0.39 is 29.1 Å². The Hall–Kier alpha value is -3.23. The highest BCUT2D eigenvalue weighted by molar-refractivity contribution is 6.04. The van der Waals surface area contributed by atoms with E-state index in [0.717, 1.165) is 16.7 Å². The number of likely N-dealkylation sites (tertiary alicyclic amines) is 1. The summed E-state index contributed by atoms with van der Waals surface area (Å²) in [5, 5.41) is 15.6. The molecule has 8 heteroatoms. The number of nitrogens with zero attached hydrogens (tertiary/aromatic N) is 1. The molecule has 8 nitrogen and oxygen atoms in total. The molecule has 202 valence electrons. The first kappa shape index (κ1) is 26.4. The zero-order valence-electron chi connectivity index (χ0n) is 22.5. The number of amides is 3. The van der Waals surface area contributed by atoms with Crippen molar-refractivity contribution in [2.24, 2.45) is 17.8 Å². The number of nitrogens with one attached hydrogen (secondary N) is 2. The van der Waals surface area contributed by atoms with Crippen LogP contribution in [0.2, 0.25) is 0 Å². The number of rotatable bonds is 8. The average molecular weight is 520 g/mol. The van der Waals surface area contributed by atoms with E-state index in [-0.39, 0.29) is 36.8 Å². The quantitative estimate of drug-likeness (QED) is 0.497. The van der Waals surface area contributed by atoms with Crippen LogP contribution in [0.25, 0.3) is 0 Å². The van der Waals surface area contributed by atoms with Gasteiger partial charge < -0.3 is 25.4 Å². The molecular formula is C30H37N3O5. The molecular weight excluding hydrogens is 482 g/mol. The predicted molar refractivity (Wildman–Crippen MR) is 143 cm³/mol. The molecule has 3 fully saturated rings. The molecule has 3 unspecified atom stereocenters. The standard InChI is InChI=1S/C30H37N3O5/c1-18-11-12-19(2)22(15-18)32-27(36)25-30-16-20(3)29(4,38-30)23(24(30)28(37)33(25)13-8-14-34)26(35)31-17-21-9-6-5-7-10-21/h5-7,9-12,15,20,23-25,34H,8,13-14,16-17H2,1-4H3,(H,31,35)(H,32,36)/t20?,23-,24+,25?,29+,30?/m1/s1. The summed E-state index contributed by atoms with van der Waals surface area (Å²) in [6.07, 6.45) is 0.836. The van der Waals surface area contributed by atoms with Crippen LogP contribution in [0.4, 0.5) is 5.69 Å². The van der Waals surface area contributed by atoms with Gasteiger partial charge in [0.2, 0.25) is 17.7 Å². The fourth-order valence-electron chi connectivity index (χ4n) is 6.89. The number of ether oxygens (including phenoxy) is 1. The zero-order chi connectivity index (χ0) is 27.2. The molecule has 3 N–H and O–H groups in total. The van der Waals surface area contributed by atoms with Crippen LogP contribution >= 0.6 is 0 Å². The third kappa shape index (κ3) is 4.10. The molecule has 0 aliphatic carbocycles. The topological polar surface area (TPSA) is 108 Å². The van der Waals surface area contributed by atoms with E-state index in [1.54, 1.807) is 0 Å². The average Bonchev–Trinajstić information content (AvgIpc) is 3.40. The molecule has 3 aliphatic heterocycles. The van der Waals surface area contributed by atoms with Crippen molar-refractivity contribution in [2.45, 2.75) is 64.3 Å². The molecule has 1 spiro atoms. The Morgan fingerprint density at radius 1 is 1.13 bits per heavy atom. The fourth-order valence-corrected chi connectivity index (χ4v) is 6.89. The lowest BCUT2D eigenvalue weighted by Crippen LogP contribution is -2.54. The summed E-state index contributed by atoms with van der Waals surface area (Å²) in [5.74, 6) is -2.34. The third-order valence-electron chi connectivity index (χ3n) is 8.86. The van der Waals surface area contributed by atoms with Crippen molar-refractivity contribution in [1.82, 2.24) is 10.2 Å². The van der Waals surface area contributed by atoms with Gasteiger partial charge in [0.1, 0.15) is 11.6 Å². The normalized spacial score (nSPS) is 31.4. The van der Waals surface area contributed by atoms with Crippen LogP contribution in [-0.2, 0) is 25.7 Å². The number of fused-ring (bicyclic) bond motifs is 1. The maximum atomic E-state index is 14.0. The molecule has 2 aromatic rings. The largest absolute Gasteiger partial charge is 0.396 e. The number of hydrogen-bond acceptors (Lipinski definition) is 5. The second-order valence-corrected chi connectivity index (χ2v) is 11.3. The van der Waals surface area contributed by atoms with E-state index >= 15 is 0 Å². The van der Waals surface area contributed by atoms with E-state index in [0.29, 0.717) is 25.1 Å². The summed E-state index contributed by atoms with van der Waals surface area (Å²) < 4.78 is 6.73. The van der Waals surface area contributed by atoms with Crippen molar-refractivity contribution in [2.75, 3.05) is 18.5 Å². The van der Waals surface area contributed by atoms with Crippen molar-refractivity contribution >= 4 is 23.4 Å². The molecule has 0 aromatic heterocycles. The SMILES string of the molecule is Cc1ccc(C)c(NC(=O)C2N(CCCO)C(=O)[C@@H]3[C@H](C(=O)NCc4ccccc4)[C@@]4(C)OC23CC4C)c1. The Morgan fingerprint density at radius 2 is 1.87 bits per heavy atom. The monoisotopic (exact) mass is 519 g/mol. The molecule has 3 aliphatic rings. The second-order valence-electron chi connectivity index (χ2n) is 11.3. The zero-order valence-corrected chi connectivity index (χ0v) is 22.5. The van der Waals surface area contributed by atoms with Gasteiger partial charge in [0.05, 0.1) is 17.4 Å². The van der Waals surface area contributed by atoms with Crippen LogP contribution in [0.1, 0.15) is 43.4 Å². The van der Waals surface area contributed by atoms with Crippen molar-refractivity contribution in [3.63, 3.8) is 0 Å². The molecule has 3 amide bonds. The first-order chi connectivity index (χ1) is 18.1. The van der Waals surface area contributed by atoms with Crippen molar-refractivity contribution in [1.29, 1.82) is 0 Å². The predicted octanol–water partition coefficient (Wildman–Crippen LogP) is 2.95. The van der Waals surface area contributed by atoms with Crippen LogP contribution in [0.3, 0.4) is 0 Å². The van der Waals surface area contributed by atoms with Gasteiger partial charge in [-0.1, -0.05) is 49.4 Å². The Morgan fingerprint density at radius 3 is 2.58 bits per heavy atom. The Bertz CT molecular complexity index is 1250. The van der Waals surface area contributed by atoms with Gasteiger partial charge in [-0.05, 0) is 62.3 Å². The number of carbonyl (C=O) groups is 3. The molecule has 2 aromatic carbocycles. The number of aliphatic hydroxyl groups is 1. The van der Waals surface area contributed by atoms with E-state index in [4.69, 9.17) is 4.74 Å². The highest BCUT2D eigenvalue weighted by atomic mass is 16.5. The maximum Gasteiger partial charge on any atom is 0.250 e. The summed E-state index contributed by atoms with van der Waals surface area (Å²) >= 11 is 0. The van der Waals surface area contributed by atoms with Crippen LogP contribution in [0.15, 0.2) is 48.5 Å². The molecule has 3 heterocycles. The number of aliphatic hydroxyl groups excluding tert-OH is 1. The Kier molecular flexibility index (Phi) is 6.82. The number of carbonyl (C=O) groups excluding carboxylic acids is 3. The minimum absolute atomic E-state index is 0.0344. The minimum Gasteiger partial charge on any atom is -0.396 e. The number of benzene rings is 2. The maximum absolute atomic E-state index is 14.0. The van der Waals surface area contributed by atoms with Crippen LogP contribution in [0.5, 0.6) is 0 Å². The fraction of sp³-hybridized carbons (Fsp3) is 0.500. The summed E-state index contributed by atoms with van der Waals surface area (Å²) in [6.45, 7) is 8.27. The Labute approximate surface area is 223 Å². The first-order valence-corrected chi connectivity index (χ1v) is 13.4. The van der Waals surface area contributed by atoms with Gasteiger partial charge in [-0.15, -0.1) is 0 Å². The number of hydrogen-bond donors (Lipinski definition) is 3.